The Kier molecular flexibility index (Phi) is 4.08. The van der Waals surface area contributed by atoms with Crippen LogP contribution in [0.5, 0.6) is 17.2 Å². The van der Waals surface area contributed by atoms with Gasteiger partial charge in [-0.05, 0) is 37.3 Å². The molecular weight excluding hydrogens is 332 g/mol. The smallest absolute Gasteiger partial charge is 0.257 e. The average molecular weight is 350 g/mol. The summed E-state index contributed by atoms with van der Waals surface area (Å²) in [6.07, 6.45) is 0. The minimum absolute atomic E-state index is 0.218. The van der Waals surface area contributed by atoms with E-state index in [0.29, 0.717) is 41.7 Å². The zero-order chi connectivity index (χ0) is 18.1. The molecule has 2 aromatic carbocycles. The lowest BCUT2D eigenvalue weighted by atomic mass is 10.1. The Hall–Kier alpha value is -3.28. The Balaban J connectivity index is 1.62. The van der Waals surface area contributed by atoms with Crippen molar-refractivity contribution in [1.29, 1.82) is 0 Å². The first-order valence-electron chi connectivity index (χ1n) is 8.30. The number of rotatable bonds is 3. The van der Waals surface area contributed by atoms with Crippen molar-refractivity contribution in [3.05, 3.63) is 53.7 Å². The van der Waals surface area contributed by atoms with Gasteiger partial charge in [-0.1, -0.05) is 0 Å². The van der Waals surface area contributed by atoms with Crippen LogP contribution in [0, 0.1) is 6.92 Å². The van der Waals surface area contributed by atoms with Crippen molar-refractivity contribution in [3.8, 4) is 17.2 Å². The largest absolute Gasteiger partial charge is 0.497 e. The van der Waals surface area contributed by atoms with E-state index in [-0.39, 0.29) is 5.91 Å². The molecule has 1 amide bonds. The van der Waals surface area contributed by atoms with Crippen molar-refractivity contribution in [1.82, 2.24) is 4.98 Å². The van der Waals surface area contributed by atoms with E-state index in [1.54, 1.807) is 25.3 Å². The minimum Gasteiger partial charge on any atom is -0.497 e. The van der Waals surface area contributed by atoms with E-state index in [4.69, 9.17) is 14.2 Å². The molecule has 0 spiro atoms. The van der Waals surface area contributed by atoms with Gasteiger partial charge in [0.05, 0.1) is 23.9 Å². The van der Waals surface area contributed by atoms with Gasteiger partial charge in [0.2, 0.25) is 0 Å². The van der Waals surface area contributed by atoms with Crippen LogP contribution >= 0.6 is 0 Å². The summed E-state index contributed by atoms with van der Waals surface area (Å²) in [6.45, 7) is 2.85. The molecule has 132 valence electrons. The first-order valence-corrected chi connectivity index (χ1v) is 8.30. The summed E-state index contributed by atoms with van der Waals surface area (Å²) in [6, 6.07) is 12.8. The number of nitrogens with one attached hydrogen (secondary N) is 1. The number of pyridine rings is 1. The Morgan fingerprint density at radius 1 is 1.08 bits per heavy atom. The highest BCUT2D eigenvalue weighted by Gasteiger charge is 2.15. The third-order valence-electron chi connectivity index (χ3n) is 4.26. The Labute approximate surface area is 150 Å². The van der Waals surface area contributed by atoms with Crippen LogP contribution in [0.15, 0.2) is 42.5 Å². The number of hydrogen-bond acceptors (Lipinski definition) is 5. The predicted molar refractivity (Wildman–Crippen MR) is 98.4 cm³/mol. The maximum atomic E-state index is 12.7. The first-order chi connectivity index (χ1) is 12.6. The van der Waals surface area contributed by atoms with Crippen molar-refractivity contribution in [3.63, 3.8) is 0 Å². The van der Waals surface area contributed by atoms with Gasteiger partial charge in [-0.2, -0.15) is 0 Å². The summed E-state index contributed by atoms with van der Waals surface area (Å²) in [5.41, 5.74) is 2.62. The fourth-order valence-electron chi connectivity index (χ4n) is 2.92. The highest BCUT2D eigenvalue weighted by Crippen LogP contribution is 2.33. The molecule has 0 saturated heterocycles. The number of nitrogens with zero attached hydrogens (tertiary/aromatic N) is 1. The second-order valence-electron chi connectivity index (χ2n) is 5.99. The van der Waals surface area contributed by atoms with E-state index in [1.807, 2.05) is 31.2 Å². The number of benzene rings is 2. The maximum absolute atomic E-state index is 12.7. The number of carbonyl (C=O) groups excluding carboxylic acids is 1. The van der Waals surface area contributed by atoms with Crippen LogP contribution in [0.25, 0.3) is 10.9 Å². The molecule has 4 rings (SSSR count). The fraction of sp³-hybridized carbons (Fsp3) is 0.200. The molecule has 0 unspecified atom stereocenters. The zero-order valence-corrected chi connectivity index (χ0v) is 14.5. The molecule has 0 saturated carbocycles. The molecule has 0 bridgehead atoms. The molecule has 1 aliphatic heterocycles. The molecule has 3 aromatic rings. The lowest BCUT2D eigenvalue weighted by Gasteiger charge is -2.19. The topological polar surface area (TPSA) is 69.7 Å². The van der Waals surface area contributed by atoms with Crippen LogP contribution < -0.4 is 19.5 Å². The van der Waals surface area contributed by atoms with Gasteiger partial charge in [-0.3, -0.25) is 9.78 Å². The second-order valence-corrected chi connectivity index (χ2v) is 5.99. The molecule has 6 nitrogen and oxygen atoms in total. The Morgan fingerprint density at radius 2 is 1.88 bits per heavy atom. The van der Waals surface area contributed by atoms with Gasteiger partial charge in [0, 0.05) is 23.2 Å². The highest BCUT2D eigenvalue weighted by atomic mass is 16.6. The summed E-state index contributed by atoms with van der Waals surface area (Å²) in [5.74, 6) is 1.84. The van der Waals surface area contributed by atoms with Crippen LogP contribution in [0.4, 0.5) is 5.69 Å². The maximum Gasteiger partial charge on any atom is 0.257 e. The number of hydrogen-bond donors (Lipinski definition) is 1. The average Bonchev–Trinajstić information content (AvgIpc) is 2.66. The third-order valence-corrected chi connectivity index (χ3v) is 4.26. The van der Waals surface area contributed by atoms with E-state index in [0.717, 1.165) is 16.7 Å². The molecule has 1 aromatic heterocycles. The van der Waals surface area contributed by atoms with Gasteiger partial charge in [0.25, 0.3) is 5.91 Å². The number of fused-ring (bicyclic) bond motifs is 2. The first kappa shape index (κ1) is 16.2. The van der Waals surface area contributed by atoms with Gasteiger partial charge in [-0.25, -0.2) is 0 Å². The number of ether oxygens (including phenoxy) is 3. The second kappa shape index (κ2) is 6.55. The molecular formula is C20H18N2O4. The van der Waals surface area contributed by atoms with Crippen molar-refractivity contribution < 1.29 is 19.0 Å². The number of aromatic nitrogens is 1. The summed E-state index contributed by atoms with van der Waals surface area (Å²) in [5, 5.41) is 3.78. The third kappa shape index (κ3) is 3.01. The fourth-order valence-corrected chi connectivity index (χ4v) is 2.92. The molecule has 26 heavy (non-hydrogen) atoms. The molecule has 1 N–H and O–H groups in total. The van der Waals surface area contributed by atoms with Crippen molar-refractivity contribution >= 4 is 22.5 Å². The molecule has 6 heteroatoms. The molecule has 1 aliphatic rings. The normalized spacial score (nSPS) is 12.7. The number of carbonyl (C=O) groups is 1. The van der Waals surface area contributed by atoms with Crippen molar-refractivity contribution in [2.75, 3.05) is 25.6 Å². The van der Waals surface area contributed by atoms with Gasteiger partial charge in [0.1, 0.15) is 19.0 Å². The van der Waals surface area contributed by atoms with Crippen molar-refractivity contribution in [2.24, 2.45) is 0 Å². The SMILES string of the molecule is COc1ccc2cc(C(=O)Nc3ccc4c(c3)OCCO4)c(C)nc2c1. The minimum atomic E-state index is -0.218. The van der Waals surface area contributed by atoms with Gasteiger partial charge < -0.3 is 19.5 Å². The van der Waals surface area contributed by atoms with Crippen LogP contribution in [-0.2, 0) is 0 Å². The van der Waals surface area contributed by atoms with E-state index < -0.39 is 0 Å². The van der Waals surface area contributed by atoms with Gasteiger partial charge in [0.15, 0.2) is 11.5 Å². The lowest BCUT2D eigenvalue weighted by Crippen LogP contribution is -2.17. The summed E-state index contributed by atoms with van der Waals surface area (Å²) in [7, 11) is 1.61. The zero-order valence-electron chi connectivity index (χ0n) is 14.5. The summed E-state index contributed by atoms with van der Waals surface area (Å²) >= 11 is 0. The molecule has 2 heterocycles. The molecule has 0 atom stereocenters. The quantitative estimate of drug-likeness (QED) is 0.782. The summed E-state index contributed by atoms with van der Waals surface area (Å²) in [4.78, 5) is 17.3. The van der Waals surface area contributed by atoms with E-state index in [1.165, 1.54) is 0 Å². The number of amides is 1. The van der Waals surface area contributed by atoms with Gasteiger partial charge in [-0.15, -0.1) is 0 Å². The predicted octanol–water partition coefficient (Wildman–Crippen LogP) is 3.58. The van der Waals surface area contributed by atoms with E-state index >= 15 is 0 Å². The van der Waals surface area contributed by atoms with Crippen LogP contribution in [0.2, 0.25) is 0 Å². The standard InChI is InChI=1S/C20H18N2O4/c1-12-16(9-13-3-5-15(24-2)11-17(13)21-12)20(23)22-14-4-6-18-19(10-14)26-8-7-25-18/h3-6,9-11H,7-8H2,1-2H3,(H,22,23). The van der Waals surface area contributed by atoms with Crippen LogP contribution in [0.3, 0.4) is 0 Å². The van der Waals surface area contributed by atoms with Crippen LogP contribution in [-0.4, -0.2) is 31.2 Å². The number of anilines is 1. The van der Waals surface area contributed by atoms with Crippen LogP contribution in [0.1, 0.15) is 16.1 Å². The summed E-state index contributed by atoms with van der Waals surface area (Å²) < 4.78 is 16.3. The Bertz CT molecular complexity index is 1000. The monoisotopic (exact) mass is 350 g/mol. The number of methoxy groups -OCH3 is 1. The number of aryl methyl sites for hydroxylation is 1. The van der Waals surface area contributed by atoms with E-state index in [9.17, 15) is 4.79 Å². The molecule has 0 aliphatic carbocycles. The molecule has 0 fully saturated rings. The van der Waals surface area contributed by atoms with Crippen molar-refractivity contribution in [2.45, 2.75) is 6.92 Å². The van der Waals surface area contributed by atoms with Gasteiger partial charge >= 0.3 is 0 Å². The lowest BCUT2D eigenvalue weighted by molar-refractivity contribution is 0.102. The Morgan fingerprint density at radius 3 is 2.69 bits per heavy atom. The highest BCUT2D eigenvalue weighted by molar-refractivity contribution is 6.07. The van der Waals surface area contributed by atoms with E-state index in [2.05, 4.69) is 10.3 Å². The molecule has 0 radical (unpaired) electrons.